The third kappa shape index (κ3) is 6.35. The van der Waals surface area contributed by atoms with E-state index in [1.165, 1.54) is 17.7 Å². The van der Waals surface area contributed by atoms with E-state index in [0.29, 0.717) is 17.6 Å². The lowest BCUT2D eigenvalue weighted by molar-refractivity contribution is -0.121. The highest BCUT2D eigenvalue weighted by molar-refractivity contribution is 7.99. The summed E-state index contributed by atoms with van der Waals surface area (Å²) in [6, 6.07) is 10.5. The van der Waals surface area contributed by atoms with Gasteiger partial charge in [-0.2, -0.15) is 0 Å². The minimum Gasteiger partial charge on any atom is -0.359 e. The first kappa shape index (κ1) is 16.1. The van der Waals surface area contributed by atoms with Crippen LogP contribution in [0.1, 0.15) is 32.1 Å². The summed E-state index contributed by atoms with van der Waals surface area (Å²) in [4.78, 5) is 12.9. The van der Waals surface area contributed by atoms with Gasteiger partial charge in [-0.1, -0.05) is 31.0 Å². The van der Waals surface area contributed by atoms with Gasteiger partial charge in [0.2, 0.25) is 5.91 Å². The Morgan fingerprint density at radius 3 is 2.62 bits per heavy atom. The van der Waals surface area contributed by atoms with Gasteiger partial charge in [0.25, 0.3) is 0 Å². The molecule has 0 bridgehead atoms. The van der Waals surface area contributed by atoms with Crippen LogP contribution in [0.5, 0.6) is 0 Å². The summed E-state index contributed by atoms with van der Waals surface area (Å²) in [5, 5.41) is 3.72. The molecule has 1 aliphatic carbocycles. The fourth-order valence-electron chi connectivity index (χ4n) is 2.26. The van der Waals surface area contributed by atoms with Crippen LogP contribution in [0.25, 0.3) is 0 Å². The van der Waals surface area contributed by atoms with Crippen LogP contribution in [0.15, 0.2) is 35.2 Å². The maximum atomic E-state index is 11.7. The zero-order valence-electron chi connectivity index (χ0n) is 11.9. The van der Waals surface area contributed by atoms with E-state index in [9.17, 15) is 4.79 Å². The number of carbonyl (C=O) groups excluding carboxylic acids is 1. The van der Waals surface area contributed by atoms with Gasteiger partial charge in [0.15, 0.2) is 5.11 Å². The van der Waals surface area contributed by atoms with Crippen molar-refractivity contribution in [2.45, 2.75) is 43.0 Å². The van der Waals surface area contributed by atoms with E-state index < -0.39 is 0 Å². The van der Waals surface area contributed by atoms with Gasteiger partial charge in [-0.05, 0) is 37.2 Å². The molecule has 1 aromatic rings. The van der Waals surface area contributed by atoms with Crippen LogP contribution < -0.4 is 16.2 Å². The largest absolute Gasteiger partial charge is 0.359 e. The summed E-state index contributed by atoms with van der Waals surface area (Å²) in [5.41, 5.74) is 5.41. The fourth-order valence-corrected chi connectivity index (χ4v) is 3.35. The van der Waals surface area contributed by atoms with Gasteiger partial charge in [-0.15, -0.1) is 11.8 Å². The molecule has 0 heterocycles. The molecular formula is C15H21N3OS2. The van der Waals surface area contributed by atoms with Crippen molar-refractivity contribution in [3.05, 3.63) is 30.3 Å². The van der Waals surface area contributed by atoms with Gasteiger partial charge in [-0.25, -0.2) is 0 Å². The van der Waals surface area contributed by atoms with E-state index in [1.807, 2.05) is 30.3 Å². The summed E-state index contributed by atoms with van der Waals surface area (Å²) < 4.78 is 0. The second-order valence-corrected chi connectivity index (χ2v) is 6.62. The molecule has 1 amide bonds. The average molecular weight is 323 g/mol. The molecule has 114 valence electrons. The van der Waals surface area contributed by atoms with Gasteiger partial charge in [0, 0.05) is 23.1 Å². The minimum atomic E-state index is -0.0472. The lowest BCUT2D eigenvalue weighted by atomic mass is 10.3. The van der Waals surface area contributed by atoms with E-state index in [2.05, 4.69) is 16.2 Å². The highest BCUT2D eigenvalue weighted by Gasteiger charge is 2.15. The maximum absolute atomic E-state index is 11.7. The van der Waals surface area contributed by atoms with E-state index in [1.54, 1.807) is 11.8 Å². The Labute approximate surface area is 135 Å². The van der Waals surface area contributed by atoms with Crippen molar-refractivity contribution in [2.75, 3.05) is 5.75 Å². The highest BCUT2D eigenvalue weighted by atomic mass is 32.2. The Morgan fingerprint density at radius 1 is 1.19 bits per heavy atom. The van der Waals surface area contributed by atoms with E-state index in [-0.39, 0.29) is 5.91 Å². The normalized spacial score (nSPS) is 14.7. The molecule has 0 aromatic heterocycles. The third-order valence-electron chi connectivity index (χ3n) is 3.35. The predicted molar refractivity (Wildman–Crippen MR) is 91.1 cm³/mol. The number of hydrogen-bond acceptors (Lipinski definition) is 3. The molecule has 1 saturated carbocycles. The molecule has 0 radical (unpaired) electrons. The molecule has 4 nitrogen and oxygen atoms in total. The number of hydrogen-bond donors (Lipinski definition) is 3. The summed E-state index contributed by atoms with van der Waals surface area (Å²) in [6.07, 6.45) is 5.28. The van der Waals surface area contributed by atoms with Crippen LogP contribution in [-0.2, 0) is 4.79 Å². The summed E-state index contributed by atoms with van der Waals surface area (Å²) >= 11 is 6.83. The number of carbonyl (C=O) groups is 1. The number of rotatable bonds is 5. The highest BCUT2D eigenvalue weighted by Crippen LogP contribution is 2.18. The van der Waals surface area contributed by atoms with Crippen molar-refractivity contribution in [1.29, 1.82) is 0 Å². The van der Waals surface area contributed by atoms with Crippen molar-refractivity contribution in [3.8, 4) is 0 Å². The van der Waals surface area contributed by atoms with Crippen molar-refractivity contribution in [1.82, 2.24) is 16.2 Å². The first-order valence-electron chi connectivity index (χ1n) is 7.27. The van der Waals surface area contributed by atoms with Crippen LogP contribution in [0, 0.1) is 0 Å². The molecule has 0 atom stereocenters. The molecule has 0 saturated heterocycles. The molecule has 21 heavy (non-hydrogen) atoms. The Hall–Kier alpha value is -1.27. The molecule has 1 fully saturated rings. The number of hydrazine groups is 1. The smallest absolute Gasteiger partial charge is 0.239 e. The summed E-state index contributed by atoms with van der Waals surface area (Å²) in [5.74, 6) is 0.703. The quantitative estimate of drug-likeness (QED) is 0.442. The van der Waals surface area contributed by atoms with Gasteiger partial charge < -0.3 is 5.32 Å². The maximum Gasteiger partial charge on any atom is 0.239 e. The zero-order valence-corrected chi connectivity index (χ0v) is 13.6. The van der Waals surface area contributed by atoms with Gasteiger partial charge in [0.05, 0.1) is 0 Å². The number of benzene rings is 1. The van der Waals surface area contributed by atoms with Gasteiger partial charge in [0.1, 0.15) is 0 Å². The predicted octanol–water partition coefficient (Wildman–Crippen LogP) is 2.61. The minimum absolute atomic E-state index is 0.0472. The van der Waals surface area contributed by atoms with Gasteiger partial charge >= 0.3 is 0 Å². The lowest BCUT2D eigenvalue weighted by Crippen LogP contribution is -2.49. The fraction of sp³-hybridized carbons (Fsp3) is 0.467. The Morgan fingerprint density at radius 2 is 1.90 bits per heavy atom. The molecule has 0 spiro atoms. The SMILES string of the molecule is O=C(CCSc1ccccc1)NNC(=S)NC1CCCC1. The first-order valence-corrected chi connectivity index (χ1v) is 8.66. The van der Waals surface area contributed by atoms with Crippen molar-refractivity contribution in [2.24, 2.45) is 0 Å². The molecule has 6 heteroatoms. The monoisotopic (exact) mass is 323 g/mol. The molecule has 0 unspecified atom stereocenters. The third-order valence-corrected chi connectivity index (χ3v) is 4.58. The number of nitrogens with one attached hydrogen (secondary N) is 3. The molecular weight excluding hydrogens is 302 g/mol. The van der Waals surface area contributed by atoms with Crippen LogP contribution in [0.2, 0.25) is 0 Å². The van der Waals surface area contributed by atoms with Crippen LogP contribution in [0.3, 0.4) is 0 Å². The Bertz CT molecular complexity index is 461. The number of thioether (sulfide) groups is 1. The van der Waals surface area contributed by atoms with E-state index in [0.717, 1.165) is 18.6 Å². The topological polar surface area (TPSA) is 53.2 Å². The Kier molecular flexibility index (Phi) is 6.82. The van der Waals surface area contributed by atoms with Crippen LogP contribution in [0.4, 0.5) is 0 Å². The lowest BCUT2D eigenvalue weighted by Gasteiger charge is -2.16. The van der Waals surface area contributed by atoms with Crippen LogP contribution >= 0.6 is 24.0 Å². The second-order valence-electron chi connectivity index (χ2n) is 5.04. The first-order chi connectivity index (χ1) is 10.2. The molecule has 2 rings (SSSR count). The Balaban J connectivity index is 1.55. The standard InChI is InChI=1S/C15H21N3OS2/c19-14(10-11-21-13-8-2-1-3-9-13)17-18-15(20)16-12-6-4-5-7-12/h1-3,8-9,12H,4-7,10-11H2,(H,17,19)(H2,16,18,20). The second kappa shape index (κ2) is 8.89. The summed E-state index contributed by atoms with van der Waals surface area (Å²) in [6.45, 7) is 0. The average Bonchev–Trinajstić information content (AvgIpc) is 2.99. The van der Waals surface area contributed by atoms with E-state index in [4.69, 9.17) is 12.2 Å². The summed E-state index contributed by atoms with van der Waals surface area (Å²) in [7, 11) is 0. The molecule has 1 aliphatic rings. The molecule has 3 N–H and O–H groups in total. The molecule has 0 aliphatic heterocycles. The van der Waals surface area contributed by atoms with Crippen LogP contribution in [-0.4, -0.2) is 22.8 Å². The van der Waals surface area contributed by atoms with Gasteiger partial charge in [-0.3, -0.25) is 15.6 Å². The van der Waals surface area contributed by atoms with Crippen molar-refractivity contribution < 1.29 is 4.79 Å². The molecule has 1 aromatic carbocycles. The van der Waals surface area contributed by atoms with E-state index >= 15 is 0 Å². The van der Waals surface area contributed by atoms with Crippen molar-refractivity contribution >= 4 is 35.0 Å². The van der Waals surface area contributed by atoms with Crippen molar-refractivity contribution in [3.63, 3.8) is 0 Å². The number of amides is 1. The number of thiocarbonyl (C=S) groups is 1. The zero-order chi connectivity index (χ0) is 14.9.